The first-order valence-electron chi connectivity index (χ1n) is 11.6. The summed E-state index contributed by atoms with van der Waals surface area (Å²) < 4.78 is 19.0. The van der Waals surface area contributed by atoms with Crippen LogP contribution in [0.4, 0.5) is 4.39 Å². The summed E-state index contributed by atoms with van der Waals surface area (Å²) in [4.78, 5) is 24.3. The smallest absolute Gasteiger partial charge is 0.332 e. The Hall–Kier alpha value is -4.50. The number of hydrogen-bond acceptors (Lipinski definition) is 5. The lowest BCUT2D eigenvalue weighted by Crippen LogP contribution is -2.40. The molecule has 9 heteroatoms. The second kappa shape index (κ2) is 11.5. The van der Waals surface area contributed by atoms with E-state index in [-0.39, 0.29) is 12.1 Å². The molecule has 0 aliphatic carbocycles. The number of aliphatic hydroxyl groups is 1. The number of carboxylic acids is 1. The van der Waals surface area contributed by atoms with E-state index in [0.29, 0.717) is 23.4 Å². The van der Waals surface area contributed by atoms with E-state index in [4.69, 9.17) is 4.74 Å². The van der Waals surface area contributed by atoms with Crippen molar-refractivity contribution < 1.29 is 28.9 Å². The summed E-state index contributed by atoms with van der Waals surface area (Å²) in [6.07, 6.45) is -1.55. The van der Waals surface area contributed by atoms with E-state index in [1.165, 1.54) is 31.4 Å². The van der Waals surface area contributed by atoms with Crippen LogP contribution in [0.15, 0.2) is 78.9 Å². The molecule has 0 bridgehead atoms. The highest BCUT2D eigenvalue weighted by molar-refractivity contribution is 5.93. The third-order valence-electron chi connectivity index (χ3n) is 5.93. The number of aliphatic carboxylic acids is 1. The van der Waals surface area contributed by atoms with Gasteiger partial charge in [-0.2, -0.15) is 5.10 Å². The van der Waals surface area contributed by atoms with Crippen molar-refractivity contribution in [1.29, 1.82) is 0 Å². The molecule has 2 unspecified atom stereocenters. The van der Waals surface area contributed by atoms with Crippen LogP contribution in [0.25, 0.3) is 22.4 Å². The van der Waals surface area contributed by atoms with Crippen molar-refractivity contribution in [2.75, 3.05) is 7.11 Å². The van der Waals surface area contributed by atoms with Crippen LogP contribution in [0.5, 0.6) is 5.75 Å². The summed E-state index contributed by atoms with van der Waals surface area (Å²) in [5.41, 5.74) is 3.71. The van der Waals surface area contributed by atoms with Gasteiger partial charge in [-0.3, -0.25) is 9.89 Å². The van der Waals surface area contributed by atoms with Gasteiger partial charge in [0.2, 0.25) is 0 Å². The summed E-state index contributed by atoms with van der Waals surface area (Å²) in [6.45, 7) is 0. The number of aliphatic hydroxyl groups excluding tert-OH is 1. The van der Waals surface area contributed by atoms with Gasteiger partial charge in [-0.05, 0) is 47.4 Å². The third kappa shape index (κ3) is 6.39. The zero-order valence-corrected chi connectivity index (χ0v) is 20.0. The van der Waals surface area contributed by atoms with Crippen molar-refractivity contribution in [2.24, 2.45) is 0 Å². The zero-order chi connectivity index (χ0) is 26.4. The molecule has 0 saturated carbocycles. The van der Waals surface area contributed by atoms with E-state index in [1.54, 1.807) is 0 Å². The van der Waals surface area contributed by atoms with Gasteiger partial charge < -0.3 is 20.3 Å². The van der Waals surface area contributed by atoms with Crippen LogP contribution in [0.2, 0.25) is 0 Å². The van der Waals surface area contributed by atoms with Crippen LogP contribution >= 0.6 is 0 Å². The van der Waals surface area contributed by atoms with Gasteiger partial charge in [0.1, 0.15) is 17.3 Å². The van der Waals surface area contributed by atoms with Gasteiger partial charge in [-0.1, -0.05) is 54.6 Å². The number of rotatable bonds is 10. The molecule has 4 aromatic rings. The molecule has 0 aliphatic heterocycles. The first-order valence-corrected chi connectivity index (χ1v) is 11.6. The molecule has 1 aromatic heterocycles. The Labute approximate surface area is 212 Å². The lowest BCUT2D eigenvalue weighted by molar-refractivity contribution is -0.147. The number of amides is 1. The number of halogens is 1. The second-order valence-electron chi connectivity index (χ2n) is 8.54. The van der Waals surface area contributed by atoms with Crippen LogP contribution in [0, 0.1) is 5.82 Å². The average Bonchev–Trinajstić information content (AvgIpc) is 3.40. The fraction of sp³-hybridized carbons (Fsp3) is 0.179. The molecule has 8 nitrogen and oxygen atoms in total. The van der Waals surface area contributed by atoms with Crippen molar-refractivity contribution >= 4 is 11.9 Å². The number of methoxy groups -OCH3 is 1. The number of aromatic amines is 1. The van der Waals surface area contributed by atoms with E-state index in [9.17, 15) is 24.2 Å². The first kappa shape index (κ1) is 25.6. The molecule has 0 saturated heterocycles. The number of H-pyrrole nitrogens is 1. The topological polar surface area (TPSA) is 125 Å². The maximum Gasteiger partial charge on any atom is 0.332 e. The lowest BCUT2D eigenvalue weighted by Gasteiger charge is -2.20. The van der Waals surface area contributed by atoms with E-state index >= 15 is 0 Å². The minimum Gasteiger partial charge on any atom is -0.496 e. The Kier molecular flexibility index (Phi) is 7.95. The van der Waals surface area contributed by atoms with Crippen molar-refractivity contribution in [2.45, 2.75) is 25.0 Å². The standard InChI is InChI=1S/C28H26FN3O5/c1-37-26-12-11-20(29)14-22(26)23-16-24(32-31-23)27(34)30-21(15-25(33)28(35)36)13-17-7-9-19(10-8-17)18-5-3-2-4-6-18/h2-12,14,16,21,25,33H,13,15H2,1H3,(H,30,34)(H,31,32)(H,35,36). The largest absolute Gasteiger partial charge is 0.496 e. The molecule has 4 N–H and O–H groups in total. The van der Waals surface area contributed by atoms with Crippen LogP contribution in [-0.2, 0) is 11.2 Å². The summed E-state index contributed by atoms with van der Waals surface area (Å²) in [7, 11) is 1.45. The normalized spacial score (nSPS) is 12.5. The molecule has 190 valence electrons. The van der Waals surface area contributed by atoms with Crippen molar-refractivity contribution in [3.05, 3.63) is 95.9 Å². The Morgan fingerprint density at radius 1 is 1.03 bits per heavy atom. The Bertz CT molecular complexity index is 1370. The molecule has 1 amide bonds. The van der Waals surface area contributed by atoms with Crippen LogP contribution in [-0.4, -0.2) is 51.5 Å². The van der Waals surface area contributed by atoms with E-state index in [0.717, 1.165) is 16.7 Å². The SMILES string of the molecule is COc1ccc(F)cc1-c1cc(C(=O)NC(Cc2ccc(-c3ccccc3)cc2)CC(O)C(=O)O)[nH]n1. The molecule has 0 aliphatic rings. The van der Waals surface area contributed by atoms with Gasteiger partial charge in [0, 0.05) is 18.0 Å². The van der Waals surface area contributed by atoms with Gasteiger partial charge in [0.25, 0.3) is 5.91 Å². The number of carboxylic acid groups (broad SMARTS) is 1. The summed E-state index contributed by atoms with van der Waals surface area (Å²) in [6, 6.07) is 22.3. The molecule has 1 heterocycles. The molecule has 37 heavy (non-hydrogen) atoms. The first-order chi connectivity index (χ1) is 17.8. The fourth-order valence-corrected chi connectivity index (χ4v) is 4.03. The molecular formula is C28H26FN3O5. The second-order valence-corrected chi connectivity index (χ2v) is 8.54. The molecule has 0 radical (unpaired) electrons. The Morgan fingerprint density at radius 2 is 1.73 bits per heavy atom. The van der Waals surface area contributed by atoms with Crippen LogP contribution in [0.3, 0.4) is 0 Å². The average molecular weight is 504 g/mol. The molecule has 0 fully saturated rings. The quantitative estimate of drug-likeness (QED) is 0.259. The van der Waals surface area contributed by atoms with Crippen LogP contribution in [0.1, 0.15) is 22.5 Å². The van der Waals surface area contributed by atoms with Crippen molar-refractivity contribution in [1.82, 2.24) is 15.5 Å². The number of nitrogens with one attached hydrogen (secondary N) is 2. The van der Waals surface area contributed by atoms with Crippen molar-refractivity contribution in [3.8, 4) is 28.1 Å². The number of ether oxygens (including phenoxy) is 1. The summed E-state index contributed by atoms with van der Waals surface area (Å²) >= 11 is 0. The molecule has 2 atom stereocenters. The highest BCUT2D eigenvalue weighted by atomic mass is 19.1. The van der Waals surface area contributed by atoms with Crippen molar-refractivity contribution in [3.63, 3.8) is 0 Å². The number of benzene rings is 3. The maximum atomic E-state index is 13.8. The highest BCUT2D eigenvalue weighted by Crippen LogP contribution is 2.29. The van der Waals surface area contributed by atoms with Gasteiger partial charge in [-0.25, -0.2) is 9.18 Å². The minimum absolute atomic E-state index is 0.0931. The minimum atomic E-state index is -1.65. The van der Waals surface area contributed by atoms with Gasteiger partial charge >= 0.3 is 5.97 Å². The predicted molar refractivity (Wildman–Crippen MR) is 136 cm³/mol. The number of carbonyl (C=O) groups excluding carboxylic acids is 1. The fourth-order valence-electron chi connectivity index (χ4n) is 4.03. The molecule has 0 spiro atoms. The molecular weight excluding hydrogens is 477 g/mol. The predicted octanol–water partition coefficient (Wildman–Crippen LogP) is 4.07. The summed E-state index contributed by atoms with van der Waals surface area (Å²) in [5, 5.41) is 28.7. The number of hydrogen-bond donors (Lipinski definition) is 4. The number of aromatic nitrogens is 2. The number of carbonyl (C=O) groups is 2. The molecule has 4 rings (SSSR count). The van der Waals surface area contributed by atoms with E-state index < -0.39 is 29.8 Å². The molecule has 3 aromatic carbocycles. The Morgan fingerprint density at radius 3 is 2.41 bits per heavy atom. The number of nitrogens with zero attached hydrogens (tertiary/aromatic N) is 1. The van der Waals surface area contributed by atoms with Gasteiger partial charge in [0.05, 0.1) is 12.8 Å². The highest BCUT2D eigenvalue weighted by Gasteiger charge is 2.24. The zero-order valence-electron chi connectivity index (χ0n) is 20.0. The Balaban J connectivity index is 1.51. The monoisotopic (exact) mass is 503 g/mol. The van der Waals surface area contributed by atoms with Gasteiger partial charge in [0.15, 0.2) is 6.10 Å². The van der Waals surface area contributed by atoms with Crippen LogP contribution < -0.4 is 10.1 Å². The third-order valence-corrected chi connectivity index (χ3v) is 5.93. The summed E-state index contributed by atoms with van der Waals surface area (Å²) in [5.74, 6) is -2.01. The van der Waals surface area contributed by atoms with E-state index in [2.05, 4.69) is 15.5 Å². The maximum absolute atomic E-state index is 13.8. The van der Waals surface area contributed by atoms with E-state index in [1.807, 2.05) is 54.6 Å². The lowest BCUT2D eigenvalue weighted by atomic mass is 9.97. The van der Waals surface area contributed by atoms with Gasteiger partial charge in [-0.15, -0.1) is 0 Å².